The van der Waals surface area contributed by atoms with Crippen molar-refractivity contribution in [1.82, 2.24) is 10.2 Å². The normalized spacial score (nSPS) is 21.1. The molecule has 0 aromatic heterocycles. The van der Waals surface area contributed by atoms with Crippen LogP contribution < -0.4 is 5.32 Å². The van der Waals surface area contributed by atoms with Crippen LogP contribution in [0.3, 0.4) is 0 Å². The molecule has 1 fully saturated rings. The summed E-state index contributed by atoms with van der Waals surface area (Å²) in [5, 5.41) is 3.36. The maximum absolute atomic E-state index is 5.39. The van der Waals surface area contributed by atoms with Crippen LogP contribution in [0.2, 0.25) is 0 Å². The van der Waals surface area contributed by atoms with Gasteiger partial charge in [-0.1, -0.05) is 12.2 Å². The minimum atomic E-state index is 0.647. The summed E-state index contributed by atoms with van der Waals surface area (Å²) in [7, 11) is 3.92. The van der Waals surface area contributed by atoms with Crippen molar-refractivity contribution in [2.24, 2.45) is 10.9 Å². The molecule has 98 valence electrons. The molecule has 1 N–H and O–H groups in total. The van der Waals surface area contributed by atoms with Crippen molar-refractivity contribution in [2.45, 2.75) is 19.8 Å². The Kier molecular flexibility index (Phi) is 6.70. The van der Waals surface area contributed by atoms with Crippen LogP contribution >= 0.6 is 0 Å². The van der Waals surface area contributed by atoms with E-state index in [2.05, 4.69) is 34.4 Å². The molecule has 4 heteroatoms. The van der Waals surface area contributed by atoms with Gasteiger partial charge in [-0.3, -0.25) is 4.99 Å². The second-order valence-electron chi connectivity index (χ2n) is 4.44. The lowest BCUT2D eigenvalue weighted by atomic mass is 10.1. The van der Waals surface area contributed by atoms with Crippen LogP contribution in [0, 0.1) is 5.92 Å². The monoisotopic (exact) mass is 239 g/mol. The number of aliphatic imine (C=N–C) groups is 1. The van der Waals surface area contributed by atoms with Gasteiger partial charge in [0.05, 0.1) is 6.61 Å². The van der Waals surface area contributed by atoms with E-state index in [0.29, 0.717) is 5.92 Å². The fourth-order valence-electron chi connectivity index (χ4n) is 2.02. The van der Waals surface area contributed by atoms with Crippen LogP contribution in [0.4, 0.5) is 0 Å². The molecule has 0 aromatic rings. The van der Waals surface area contributed by atoms with Crippen LogP contribution in [-0.2, 0) is 4.74 Å². The van der Waals surface area contributed by atoms with Gasteiger partial charge in [-0.05, 0) is 19.8 Å². The maximum atomic E-state index is 5.39. The standard InChI is InChI=1S/C13H25N3O/c1-4-5-6-8-15-13(14-2)16(3)10-12-7-9-17-11-12/h4-5,12H,6-11H2,1-3H3,(H,14,15)/b5-4+. The molecule has 0 bridgehead atoms. The number of ether oxygens (including phenoxy) is 1. The molecule has 0 aliphatic carbocycles. The van der Waals surface area contributed by atoms with E-state index < -0.39 is 0 Å². The fourth-order valence-corrected chi connectivity index (χ4v) is 2.02. The lowest BCUT2D eigenvalue weighted by molar-refractivity contribution is 0.181. The molecular formula is C13H25N3O. The predicted molar refractivity (Wildman–Crippen MR) is 72.3 cm³/mol. The van der Waals surface area contributed by atoms with Crippen molar-refractivity contribution in [2.75, 3.05) is 40.4 Å². The summed E-state index contributed by atoms with van der Waals surface area (Å²) in [6.07, 6.45) is 6.44. The first-order valence-electron chi connectivity index (χ1n) is 6.38. The molecule has 0 saturated carbocycles. The smallest absolute Gasteiger partial charge is 0.193 e. The Morgan fingerprint density at radius 1 is 1.59 bits per heavy atom. The van der Waals surface area contributed by atoms with Crippen molar-refractivity contribution < 1.29 is 4.74 Å². The highest BCUT2D eigenvalue weighted by Crippen LogP contribution is 2.13. The van der Waals surface area contributed by atoms with Gasteiger partial charge in [-0.15, -0.1) is 0 Å². The van der Waals surface area contributed by atoms with E-state index in [-0.39, 0.29) is 0 Å². The number of hydrogen-bond acceptors (Lipinski definition) is 2. The number of hydrogen-bond donors (Lipinski definition) is 1. The Bertz CT molecular complexity index is 257. The van der Waals surface area contributed by atoms with Gasteiger partial charge < -0.3 is 15.0 Å². The molecule has 1 rings (SSSR count). The van der Waals surface area contributed by atoms with Gasteiger partial charge in [-0.2, -0.15) is 0 Å². The summed E-state index contributed by atoms with van der Waals surface area (Å²) in [5.41, 5.74) is 0. The summed E-state index contributed by atoms with van der Waals surface area (Å²) in [5.74, 6) is 1.62. The van der Waals surface area contributed by atoms with Crippen LogP contribution in [0.1, 0.15) is 19.8 Å². The Hall–Kier alpha value is -1.03. The first-order valence-corrected chi connectivity index (χ1v) is 6.38. The number of nitrogens with one attached hydrogen (secondary N) is 1. The quantitative estimate of drug-likeness (QED) is 0.342. The molecule has 1 saturated heterocycles. The second-order valence-corrected chi connectivity index (χ2v) is 4.44. The van der Waals surface area contributed by atoms with Crippen molar-refractivity contribution in [3.8, 4) is 0 Å². The van der Waals surface area contributed by atoms with Crippen LogP contribution in [0.5, 0.6) is 0 Å². The van der Waals surface area contributed by atoms with Crippen molar-refractivity contribution in [1.29, 1.82) is 0 Å². The first kappa shape index (κ1) is 14.0. The van der Waals surface area contributed by atoms with E-state index in [1.807, 2.05) is 14.0 Å². The van der Waals surface area contributed by atoms with E-state index in [1.54, 1.807) is 0 Å². The molecule has 0 aromatic carbocycles. The molecular weight excluding hydrogens is 214 g/mol. The molecule has 0 amide bonds. The van der Waals surface area contributed by atoms with E-state index in [1.165, 1.54) is 6.42 Å². The topological polar surface area (TPSA) is 36.9 Å². The zero-order valence-electron chi connectivity index (χ0n) is 11.3. The molecule has 0 radical (unpaired) electrons. The van der Waals surface area contributed by atoms with Crippen LogP contribution in [0.25, 0.3) is 0 Å². The Labute approximate surface area is 105 Å². The number of nitrogens with zero attached hydrogens (tertiary/aromatic N) is 2. The van der Waals surface area contributed by atoms with E-state index in [9.17, 15) is 0 Å². The minimum Gasteiger partial charge on any atom is -0.381 e. The number of guanidine groups is 1. The Morgan fingerprint density at radius 2 is 2.41 bits per heavy atom. The number of allylic oxidation sites excluding steroid dienone is 1. The van der Waals surface area contributed by atoms with Crippen molar-refractivity contribution >= 4 is 5.96 Å². The van der Waals surface area contributed by atoms with Crippen molar-refractivity contribution in [3.63, 3.8) is 0 Å². The van der Waals surface area contributed by atoms with Gasteiger partial charge in [0.1, 0.15) is 0 Å². The third kappa shape index (κ3) is 5.22. The molecule has 1 aliphatic heterocycles. The average Bonchev–Trinajstić information content (AvgIpc) is 2.82. The third-order valence-corrected chi connectivity index (χ3v) is 2.96. The maximum Gasteiger partial charge on any atom is 0.193 e. The predicted octanol–water partition coefficient (Wildman–Crippen LogP) is 1.50. The van der Waals surface area contributed by atoms with Gasteiger partial charge in [0, 0.05) is 39.7 Å². The molecule has 17 heavy (non-hydrogen) atoms. The molecule has 4 nitrogen and oxygen atoms in total. The molecule has 1 aliphatic rings. The number of rotatable bonds is 5. The summed E-state index contributed by atoms with van der Waals surface area (Å²) in [4.78, 5) is 6.48. The van der Waals surface area contributed by atoms with Gasteiger partial charge >= 0.3 is 0 Å². The van der Waals surface area contributed by atoms with Crippen LogP contribution in [-0.4, -0.2) is 51.3 Å². The van der Waals surface area contributed by atoms with E-state index >= 15 is 0 Å². The van der Waals surface area contributed by atoms with E-state index in [4.69, 9.17) is 4.74 Å². The molecule has 1 unspecified atom stereocenters. The van der Waals surface area contributed by atoms with Gasteiger partial charge in [0.15, 0.2) is 5.96 Å². The Balaban J connectivity index is 2.27. The molecule has 1 atom stereocenters. The lowest BCUT2D eigenvalue weighted by Crippen LogP contribution is -2.41. The molecule has 0 spiro atoms. The summed E-state index contributed by atoms with van der Waals surface area (Å²) < 4.78 is 5.39. The highest BCUT2D eigenvalue weighted by Gasteiger charge is 2.18. The summed E-state index contributed by atoms with van der Waals surface area (Å²) in [6, 6.07) is 0. The van der Waals surface area contributed by atoms with Crippen LogP contribution in [0.15, 0.2) is 17.1 Å². The summed E-state index contributed by atoms with van der Waals surface area (Å²) in [6.45, 7) is 5.79. The lowest BCUT2D eigenvalue weighted by Gasteiger charge is -2.24. The fraction of sp³-hybridized carbons (Fsp3) is 0.769. The van der Waals surface area contributed by atoms with Gasteiger partial charge in [-0.25, -0.2) is 0 Å². The molecule has 1 heterocycles. The largest absolute Gasteiger partial charge is 0.381 e. The average molecular weight is 239 g/mol. The highest BCUT2D eigenvalue weighted by atomic mass is 16.5. The van der Waals surface area contributed by atoms with Gasteiger partial charge in [0.25, 0.3) is 0 Å². The highest BCUT2D eigenvalue weighted by molar-refractivity contribution is 5.79. The zero-order valence-corrected chi connectivity index (χ0v) is 11.3. The zero-order chi connectivity index (χ0) is 12.5. The second kappa shape index (κ2) is 8.12. The third-order valence-electron chi connectivity index (χ3n) is 2.96. The minimum absolute atomic E-state index is 0.647. The van der Waals surface area contributed by atoms with Gasteiger partial charge in [0.2, 0.25) is 0 Å². The first-order chi connectivity index (χ1) is 8.27. The van der Waals surface area contributed by atoms with Crippen molar-refractivity contribution in [3.05, 3.63) is 12.2 Å². The SMILES string of the molecule is C/C=C/CCNC(=NC)N(C)CC1CCOC1. The summed E-state index contributed by atoms with van der Waals surface area (Å²) >= 11 is 0. The van der Waals surface area contributed by atoms with E-state index in [0.717, 1.165) is 38.7 Å². The Morgan fingerprint density at radius 3 is 3.00 bits per heavy atom.